The maximum atomic E-state index is 13.1. The summed E-state index contributed by atoms with van der Waals surface area (Å²) < 4.78 is 0.441. The lowest BCUT2D eigenvalue weighted by Crippen LogP contribution is -2.45. The number of carbonyl (C=O) groups is 2. The summed E-state index contributed by atoms with van der Waals surface area (Å²) in [5.41, 5.74) is 1.04. The minimum atomic E-state index is -0.188. The van der Waals surface area contributed by atoms with Gasteiger partial charge in [-0.15, -0.1) is 11.3 Å². The van der Waals surface area contributed by atoms with Crippen LogP contribution in [0, 0.1) is 0 Å². The zero-order chi connectivity index (χ0) is 19.5. The molecule has 5 nitrogen and oxygen atoms in total. The summed E-state index contributed by atoms with van der Waals surface area (Å²) in [6, 6.07) is 7.80. The Morgan fingerprint density at radius 2 is 2.21 bits per heavy atom. The third-order valence-electron chi connectivity index (χ3n) is 4.88. The number of piperidine rings is 1. The number of amides is 2. The van der Waals surface area contributed by atoms with Gasteiger partial charge in [0.05, 0.1) is 10.9 Å². The smallest absolute Gasteiger partial charge is 0.266 e. The summed E-state index contributed by atoms with van der Waals surface area (Å²) in [5, 5.41) is 1.96. The molecule has 0 aromatic carbocycles. The first-order chi connectivity index (χ1) is 13.6. The Kier molecular flexibility index (Phi) is 5.89. The van der Waals surface area contributed by atoms with Gasteiger partial charge in [0.1, 0.15) is 10.9 Å². The molecule has 2 fully saturated rings. The van der Waals surface area contributed by atoms with Crippen LogP contribution in [0.2, 0.25) is 0 Å². The van der Waals surface area contributed by atoms with E-state index in [4.69, 9.17) is 12.2 Å². The van der Waals surface area contributed by atoms with Crippen LogP contribution in [-0.4, -0.2) is 44.0 Å². The highest BCUT2D eigenvalue weighted by atomic mass is 32.2. The number of pyridine rings is 1. The zero-order valence-electron chi connectivity index (χ0n) is 15.1. The molecular weight excluding hydrogens is 410 g/mol. The average molecular weight is 430 g/mol. The summed E-state index contributed by atoms with van der Waals surface area (Å²) in [6.45, 7) is 0.682. The first kappa shape index (κ1) is 19.3. The fourth-order valence-corrected chi connectivity index (χ4v) is 5.49. The number of thiophene rings is 1. The molecule has 2 aliphatic rings. The fraction of sp³-hybridized carbons (Fsp3) is 0.300. The molecule has 0 aliphatic carbocycles. The van der Waals surface area contributed by atoms with E-state index in [1.807, 2.05) is 46.8 Å². The first-order valence-electron chi connectivity index (χ1n) is 9.12. The van der Waals surface area contributed by atoms with Crippen LogP contribution in [0.25, 0.3) is 6.08 Å². The Morgan fingerprint density at radius 1 is 1.32 bits per heavy atom. The van der Waals surface area contributed by atoms with Crippen molar-refractivity contribution in [3.8, 4) is 0 Å². The lowest BCUT2D eigenvalue weighted by atomic mass is 9.96. The summed E-state index contributed by atoms with van der Waals surface area (Å²) in [6.07, 6.45) is 8.35. The van der Waals surface area contributed by atoms with E-state index in [0.717, 1.165) is 29.7 Å². The molecule has 28 heavy (non-hydrogen) atoms. The van der Waals surface area contributed by atoms with E-state index >= 15 is 0 Å². The topological polar surface area (TPSA) is 53.5 Å². The standard InChI is InChI=1S/C20H19N3O2S3/c24-18(22-9-2-1-7-16(22)14-5-3-8-21-12-14)13-23-19(25)17(28-20(23)26)11-15-6-4-10-27-15/h3-6,8,10-12,16H,1-2,7,9,13H2. The summed E-state index contributed by atoms with van der Waals surface area (Å²) >= 11 is 8.21. The first-order valence-corrected chi connectivity index (χ1v) is 11.2. The van der Waals surface area contributed by atoms with Crippen LogP contribution in [0.3, 0.4) is 0 Å². The minimum absolute atomic E-state index is 0.00927. The van der Waals surface area contributed by atoms with Gasteiger partial charge in [0.15, 0.2) is 0 Å². The molecule has 8 heteroatoms. The Balaban J connectivity index is 1.49. The largest absolute Gasteiger partial charge is 0.334 e. The van der Waals surface area contributed by atoms with E-state index < -0.39 is 0 Å². The second-order valence-electron chi connectivity index (χ2n) is 6.67. The molecule has 2 saturated heterocycles. The molecule has 4 rings (SSSR count). The van der Waals surface area contributed by atoms with Gasteiger partial charge in [-0.3, -0.25) is 19.5 Å². The van der Waals surface area contributed by atoms with Gasteiger partial charge in [0.2, 0.25) is 5.91 Å². The summed E-state index contributed by atoms with van der Waals surface area (Å²) in [5.74, 6) is -0.256. The number of thioether (sulfide) groups is 1. The van der Waals surface area contributed by atoms with E-state index in [1.165, 1.54) is 16.7 Å². The Labute approximate surface area is 177 Å². The Hall–Kier alpha value is -2.03. The Morgan fingerprint density at radius 3 is 2.96 bits per heavy atom. The van der Waals surface area contributed by atoms with Crippen molar-refractivity contribution < 1.29 is 9.59 Å². The average Bonchev–Trinajstić information content (AvgIpc) is 3.33. The van der Waals surface area contributed by atoms with Crippen molar-refractivity contribution in [2.45, 2.75) is 25.3 Å². The van der Waals surface area contributed by atoms with Crippen molar-refractivity contribution in [3.63, 3.8) is 0 Å². The number of aromatic nitrogens is 1. The maximum Gasteiger partial charge on any atom is 0.266 e. The number of hydrogen-bond acceptors (Lipinski definition) is 6. The zero-order valence-corrected chi connectivity index (χ0v) is 17.6. The molecule has 0 bridgehead atoms. The molecule has 0 N–H and O–H groups in total. The highest BCUT2D eigenvalue weighted by molar-refractivity contribution is 8.26. The molecule has 2 aromatic rings. The van der Waals surface area contributed by atoms with Gasteiger partial charge in [-0.25, -0.2) is 0 Å². The van der Waals surface area contributed by atoms with Crippen LogP contribution in [0.5, 0.6) is 0 Å². The highest BCUT2D eigenvalue weighted by Crippen LogP contribution is 2.35. The third kappa shape index (κ3) is 4.04. The molecule has 0 spiro atoms. The van der Waals surface area contributed by atoms with Gasteiger partial charge in [0.25, 0.3) is 5.91 Å². The van der Waals surface area contributed by atoms with Crippen LogP contribution in [-0.2, 0) is 9.59 Å². The number of carbonyl (C=O) groups excluding carboxylic acids is 2. The van der Waals surface area contributed by atoms with Crippen LogP contribution in [0.15, 0.2) is 46.9 Å². The SMILES string of the molecule is O=C1C(=Cc2cccs2)SC(=S)N1CC(=O)N1CCCCC1c1cccnc1. The van der Waals surface area contributed by atoms with E-state index in [0.29, 0.717) is 15.8 Å². The molecule has 144 valence electrons. The summed E-state index contributed by atoms with van der Waals surface area (Å²) in [4.78, 5) is 34.9. The molecule has 2 aromatic heterocycles. The molecule has 1 atom stereocenters. The molecular formula is C20H19N3O2S3. The number of nitrogens with zero attached hydrogens (tertiary/aromatic N) is 3. The number of hydrogen-bond donors (Lipinski definition) is 0. The number of likely N-dealkylation sites (tertiary alicyclic amines) is 1. The van der Waals surface area contributed by atoms with Crippen molar-refractivity contribution in [2.24, 2.45) is 0 Å². The lowest BCUT2D eigenvalue weighted by molar-refractivity contribution is -0.138. The van der Waals surface area contributed by atoms with E-state index in [2.05, 4.69) is 4.98 Å². The van der Waals surface area contributed by atoms with Gasteiger partial charge >= 0.3 is 0 Å². The second-order valence-corrected chi connectivity index (χ2v) is 9.32. The van der Waals surface area contributed by atoms with E-state index in [1.54, 1.807) is 17.5 Å². The van der Waals surface area contributed by atoms with Crippen molar-refractivity contribution in [1.29, 1.82) is 0 Å². The van der Waals surface area contributed by atoms with Crippen LogP contribution < -0.4 is 0 Å². The van der Waals surface area contributed by atoms with Gasteiger partial charge in [0, 0.05) is 23.8 Å². The van der Waals surface area contributed by atoms with Gasteiger partial charge < -0.3 is 4.90 Å². The number of thiocarbonyl (C=S) groups is 1. The van der Waals surface area contributed by atoms with Gasteiger partial charge in [-0.1, -0.05) is 36.1 Å². The molecule has 1 unspecified atom stereocenters. The molecule has 0 saturated carbocycles. The maximum absolute atomic E-state index is 13.1. The number of rotatable bonds is 4. The van der Waals surface area contributed by atoms with Crippen molar-refractivity contribution in [1.82, 2.24) is 14.8 Å². The fourth-order valence-electron chi connectivity index (χ4n) is 3.51. The predicted molar refractivity (Wildman–Crippen MR) is 117 cm³/mol. The quantitative estimate of drug-likeness (QED) is 0.541. The second kappa shape index (κ2) is 8.55. The predicted octanol–water partition coefficient (Wildman–Crippen LogP) is 4.10. The van der Waals surface area contributed by atoms with Crippen LogP contribution >= 0.6 is 35.3 Å². The lowest BCUT2D eigenvalue weighted by Gasteiger charge is -2.36. The minimum Gasteiger partial charge on any atom is -0.334 e. The molecule has 4 heterocycles. The molecule has 0 radical (unpaired) electrons. The van der Waals surface area contributed by atoms with Gasteiger partial charge in [-0.05, 0) is 48.4 Å². The van der Waals surface area contributed by atoms with Crippen molar-refractivity contribution in [3.05, 3.63) is 57.4 Å². The van der Waals surface area contributed by atoms with Crippen LogP contribution in [0.1, 0.15) is 35.7 Å². The molecule has 2 aliphatic heterocycles. The molecule has 2 amide bonds. The third-order valence-corrected chi connectivity index (χ3v) is 7.07. The summed E-state index contributed by atoms with van der Waals surface area (Å²) in [7, 11) is 0. The van der Waals surface area contributed by atoms with Crippen LogP contribution in [0.4, 0.5) is 0 Å². The van der Waals surface area contributed by atoms with E-state index in [9.17, 15) is 9.59 Å². The van der Waals surface area contributed by atoms with E-state index in [-0.39, 0.29) is 24.4 Å². The monoisotopic (exact) mass is 429 g/mol. The van der Waals surface area contributed by atoms with Crippen molar-refractivity contribution in [2.75, 3.05) is 13.1 Å². The normalized spacial score (nSPS) is 21.6. The van der Waals surface area contributed by atoms with Gasteiger partial charge in [-0.2, -0.15) is 0 Å². The highest BCUT2D eigenvalue weighted by Gasteiger charge is 2.36. The van der Waals surface area contributed by atoms with Crippen molar-refractivity contribution >= 4 is 57.5 Å². The Bertz CT molecular complexity index is 912.